The van der Waals surface area contributed by atoms with Gasteiger partial charge in [0.25, 0.3) is 5.91 Å². The molecule has 0 saturated heterocycles. The Morgan fingerprint density at radius 3 is 2.68 bits per heavy atom. The van der Waals surface area contributed by atoms with Crippen molar-refractivity contribution in [1.29, 1.82) is 0 Å². The molecule has 25 heavy (non-hydrogen) atoms. The highest BCUT2D eigenvalue weighted by atomic mass is 16.6. The maximum Gasteiger partial charge on any atom is 0.311 e. The van der Waals surface area contributed by atoms with Gasteiger partial charge in [0.1, 0.15) is 5.75 Å². The molecule has 0 spiro atoms. The van der Waals surface area contributed by atoms with Gasteiger partial charge in [0.05, 0.1) is 10.6 Å². The summed E-state index contributed by atoms with van der Waals surface area (Å²) < 4.78 is 5.20. The first kappa shape index (κ1) is 17.8. The van der Waals surface area contributed by atoms with Crippen LogP contribution in [0.5, 0.6) is 11.5 Å². The van der Waals surface area contributed by atoms with Crippen LogP contribution >= 0.6 is 0 Å². The number of carbonyl (C=O) groups is 1. The van der Waals surface area contributed by atoms with Crippen molar-refractivity contribution in [3.05, 3.63) is 70.3 Å². The molecule has 0 atom stereocenters. The molecule has 130 valence electrons. The van der Waals surface area contributed by atoms with Crippen LogP contribution in [0.4, 0.5) is 5.69 Å². The highest BCUT2D eigenvalue weighted by molar-refractivity contribution is 5.79. The third-order valence-electron chi connectivity index (χ3n) is 3.25. The molecule has 1 amide bonds. The summed E-state index contributed by atoms with van der Waals surface area (Å²) in [5.74, 6) is -0.544. The molecule has 0 radical (unpaired) electrons. The van der Waals surface area contributed by atoms with E-state index >= 15 is 0 Å². The smallest absolute Gasteiger partial charge is 0.311 e. The number of amides is 1. The maximum atomic E-state index is 11.8. The van der Waals surface area contributed by atoms with E-state index in [1.54, 1.807) is 31.2 Å². The lowest BCUT2D eigenvalue weighted by molar-refractivity contribution is -0.385. The van der Waals surface area contributed by atoms with Crippen LogP contribution in [0.1, 0.15) is 11.1 Å². The van der Waals surface area contributed by atoms with E-state index in [9.17, 15) is 20.0 Å². The first-order valence-electron chi connectivity index (χ1n) is 7.28. The van der Waals surface area contributed by atoms with Crippen molar-refractivity contribution in [1.82, 2.24) is 10.9 Å². The summed E-state index contributed by atoms with van der Waals surface area (Å²) in [4.78, 5) is 22.2. The van der Waals surface area contributed by atoms with Gasteiger partial charge in [-0.2, -0.15) is 0 Å². The predicted molar refractivity (Wildman–Crippen MR) is 91.7 cm³/mol. The fourth-order valence-electron chi connectivity index (χ4n) is 2.01. The number of nitro groups is 1. The SMILES string of the molecule is C=C(NNC(=O)COc1ccc(C)cc1[N+](=O)[O-])c1ccccc1O. The fraction of sp³-hybridized carbons (Fsp3) is 0.118. The van der Waals surface area contributed by atoms with E-state index in [0.29, 0.717) is 11.1 Å². The molecule has 0 aromatic heterocycles. The van der Waals surface area contributed by atoms with E-state index in [1.807, 2.05) is 0 Å². The van der Waals surface area contributed by atoms with Gasteiger partial charge < -0.3 is 9.84 Å². The number of nitro benzene ring substituents is 1. The quantitative estimate of drug-likeness (QED) is 0.525. The zero-order valence-corrected chi connectivity index (χ0v) is 13.5. The molecule has 0 saturated carbocycles. The minimum atomic E-state index is -0.571. The predicted octanol–water partition coefficient (Wildman–Crippen LogP) is 2.28. The summed E-state index contributed by atoms with van der Waals surface area (Å²) in [5, 5.41) is 20.7. The lowest BCUT2D eigenvalue weighted by atomic mass is 10.1. The number of aryl methyl sites for hydroxylation is 1. The van der Waals surface area contributed by atoms with Crippen LogP contribution in [0.2, 0.25) is 0 Å². The topological polar surface area (TPSA) is 114 Å². The van der Waals surface area contributed by atoms with E-state index in [-0.39, 0.29) is 22.9 Å². The van der Waals surface area contributed by atoms with Crippen molar-refractivity contribution < 1.29 is 19.6 Å². The first-order valence-corrected chi connectivity index (χ1v) is 7.28. The Kier molecular flexibility index (Phi) is 5.57. The average Bonchev–Trinajstić information content (AvgIpc) is 2.58. The second-order valence-corrected chi connectivity index (χ2v) is 5.19. The molecule has 0 heterocycles. The number of nitrogens with one attached hydrogen (secondary N) is 2. The second-order valence-electron chi connectivity index (χ2n) is 5.19. The van der Waals surface area contributed by atoms with Crippen molar-refractivity contribution in [3.63, 3.8) is 0 Å². The Morgan fingerprint density at radius 1 is 1.28 bits per heavy atom. The van der Waals surface area contributed by atoms with Crippen molar-refractivity contribution in [2.45, 2.75) is 6.92 Å². The molecule has 0 aliphatic heterocycles. The number of para-hydroxylation sites is 1. The number of hydrogen-bond acceptors (Lipinski definition) is 6. The van der Waals surface area contributed by atoms with Gasteiger partial charge in [0, 0.05) is 11.6 Å². The number of hydrazine groups is 1. The van der Waals surface area contributed by atoms with Crippen LogP contribution in [-0.2, 0) is 4.79 Å². The summed E-state index contributed by atoms with van der Waals surface area (Å²) in [6.07, 6.45) is 0. The number of hydrogen-bond donors (Lipinski definition) is 3. The van der Waals surface area contributed by atoms with Gasteiger partial charge in [-0.25, -0.2) is 0 Å². The first-order chi connectivity index (χ1) is 11.9. The molecule has 0 aliphatic rings. The fourth-order valence-corrected chi connectivity index (χ4v) is 2.01. The van der Waals surface area contributed by atoms with Crippen molar-refractivity contribution >= 4 is 17.3 Å². The van der Waals surface area contributed by atoms with Crippen molar-refractivity contribution in [3.8, 4) is 11.5 Å². The number of aromatic hydroxyl groups is 1. The lowest BCUT2D eigenvalue weighted by Gasteiger charge is -2.13. The highest BCUT2D eigenvalue weighted by Gasteiger charge is 2.16. The number of nitrogens with zero attached hydrogens (tertiary/aromatic N) is 1. The molecule has 8 heteroatoms. The van der Waals surface area contributed by atoms with Gasteiger partial charge in [-0.05, 0) is 30.7 Å². The van der Waals surface area contributed by atoms with Crippen LogP contribution in [0.25, 0.3) is 5.70 Å². The van der Waals surface area contributed by atoms with Crippen LogP contribution in [-0.4, -0.2) is 22.5 Å². The normalized spacial score (nSPS) is 9.96. The summed E-state index contributed by atoms with van der Waals surface area (Å²) in [5.41, 5.74) is 6.12. The van der Waals surface area contributed by atoms with Gasteiger partial charge in [0.15, 0.2) is 12.4 Å². The van der Waals surface area contributed by atoms with Crippen molar-refractivity contribution in [2.75, 3.05) is 6.61 Å². The average molecular weight is 343 g/mol. The number of ether oxygens (including phenoxy) is 1. The van der Waals surface area contributed by atoms with E-state index in [0.717, 1.165) is 0 Å². The Morgan fingerprint density at radius 2 is 2.00 bits per heavy atom. The molecule has 0 aliphatic carbocycles. The molecular formula is C17H17N3O5. The van der Waals surface area contributed by atoms with Gasteiger partial charge in [0.2, 0.25) is 0 Å². The summed E-state index contributed by atoms with van der Waals surface area (Å²) in [6, 6.07) is 10.9. The Hall–Kier alpha value is -3.55. The van der Waals surface area contributed by atoms with Gasteiger partial charge in [-0.1, -0.05) is 24.8 Å². The monoisotopic (exact) mass is 343 g/mol. The number of carbonyl (C=O) groups excluding carboxylic acids is 1. The standard InChI is InChI=1S/C17H17N3O5/c1-11-7-8-16(14(9-11)20(23)24)25-10-17(22)19-18-12(2)13-5-3-4-6-15(13)21/h3-9,18,21H,2,10H2,1H3,(H,19,22). The van der Waals surface area contributed by atoms with Crippen molar-refractivity contribution in [2.24, 2.45) is 0 Å². The molecule has 2 aromatic carbocycles. The lowest BCUT2D eigenvalue weighted by Crippen LogP contribution is -2.39. The molecule has 0 bridgehead atoms. The van der Waals surface area contributed by atoms with E-state index in [2.05, 4.69) is 17.4 Å². The molecule has 8 nitrogen and oxygen atoms in total. The van der Waals surface area contributed by atoms with Crippen LogP contribution in [0.15, 0.2) is 49.0 Å². The Labute approximate surface area is 143 Å². The summed E-state index contributed by atoms with van der Waals surface area (Å²) in [7, 11) is 0. The molecule has 0 fully saturated rings. The molecule has 0 unspecified atom stereocenters. The summed E-state index contributed by atoms with van der Waals surface area (Å²) >= 11 is 0. The third-order valence-corrected chi connectivity index (χ3v) is 3.25. The zero-order valence-electron chi connectivity index (χ0n) is 13.5. The third kappa shape index (κ3) is 4.71. The van der Waals surface area contributed by atoms with Crippen LogP contribution in [0.3, 0.4) is 0 Å². The zero-order chi connectivity index (χ0) is 18.4. The van der Waals surface area contributed by atoms with Crippen LogP contribution in [0, 0.1) is 17.0 Å². The minimum absolute atomic E-state index is 0.00489. The van der Waals surface area contributed by atoms with E-state index in [1.165, 1.54) is 18.2 Å². The largest absolute Gasteiger partial charge is 0.507 e. The molecule has 2 rings (SSSR count). The Balaban J connectivity index is 1.90. The van der Waals surface area contributed by atoms with Gasteiger partial charge in [-0.3, -0.25) is 25.8 Å². The maximum absolute atomic E-state index is 11.8. The Bertz CT molecular complexity index is 820. The highest BCUT2D eigenvalue weighted by Crippen LogP contribution is 2.27. The van der Waals surface area contributed by atoms with Crippen LogP contribution < -0.4 is 15.6 Å². The van der Waals surface area contributed by atoms with E-state index in [4.69, 9.17) is 4.74 Å². The van der Waals surface area contributed by atoms with Gasteiger partial charge in [-0.15, -0.1) is 0 Å². The molecule has 3 N–H and O–H groups in total. The second kappa shape index (κ2) is 7.82. The van der Waals surface area contributed by atoms with Gasteiger partial charge >= 0.3 is 5.69 Å². The number of rotatable bonds is 7. The van der Waals surface area contributed by atoms with E-state index < -0.39 is 17.4 Å². The molecule has 2 aromatic rings. The minimum Gasteiger partial charge on any atom is -0.507 e. The molecular weight excluding hydrogens is 326 g/mol. The number of phenols is 1. The number of benzene rings is 2. The number of phenolic OH excluding ortho intramolecular Hbond substituents is 1. The summed E-state index contributed by atoms with van der Waals surface area (Å²) in [6.45, 7) is 5.00.